The maximum Gasteiger partial charge on any atom is 0.253 e. The van der Waals surface area contributed by atoms with Crippen LogP contribution in [0.1, 0.15) is 136 Å². The van der Waals surface area contributed by atoms with Crippen molar-refractivity contribution >= 4 is 52.1 Å². The molecule has 436 valence electrons. The molecule has 2 aliphatic heterocycles. The average Bonchev–Trinajstić information content (AvgIpc) is 4.01. The predicted molar refractivity (Wildman–Crippen MR) is 321 cm³/mol. The summed E-state index contributed by atoms with van der Waals surface area (Å²) in [4.78, 5) is 105. The first-order valence-electron chi connectivity index (χ1n) is 29.2. The van der Waals surface area contributed by atoms with Crippen LogP contribution in [0.5, 0.6) is 0 Å². The normalized spacial score (nSPS) is 19.4. The van der Waals surface area contributed by atoms with Crippen molar-refractivity contribution in [1.29, 1.82) is 0 Å². The van der Waals surface area contributed by atoms with Gasteiger partial charge in [-0.25, -0.2) is 0 Å². The average molecular weight is 1120 g/mol. The van der Waals surface area contributed by atoms with Gasteiger partial charge in [-0.05, 0) is 147 Å². The van der Waals surface area contributed by atoms with Crippen LogP contribution in [0.15, 0.2) is 115 Å². The first-order chi connectivity index (χ1) is 39.1. The van der Waals surface area contributed by atoms with Crippen molar-refractivity contribution in [3.63, 3.8) is 0 Å². The van der Waals surface area contributed by atoms with Crippen LogP contribution in [0.25, 0.3) is 10.8 Å². The van der Waals surface area contributed by atoms with Crippen molar-refractivity contribution < 1.29 is 33.6 Å². The Morgan fingerprint density at radius 1 is 0.634 bits per heavy atom. The van der Waals surface area contributed by atoms with E-state index < -0.39 is 58.9 Å². The van der Waals surface area contributed by atoms with E-state index in [-0.39, 0.29) is 54.6 Å². The van der Waals surface area contributed by atoms with Crippen molar-refractivity contribution in [1.82, 2.24) is 46.6 Å². The van der Waals surface area contributed by atoms with Gasteiger partial charge in [-0.15, -0.1) is 0 Å². The van der Waals surface area contributed by atoms with Gasteiger partial charge in [-0.1, -0.05) is 133 Å². The van der Waals surface area contributed by atoms with Crippen LogP contribution < -0.4 is 31.9 Å². The highest BCUT2D eigenvalue weighted by molar-refractivity contribution is 5.99. The molecule has 5 aromatic carbocycles. The van der Waals surface area contributed by atoms with Gasteiger partial charge >= 0.3 is 0 Å². The summed E-state index contributed by atoms with van der Waals surface area (Å²) in [6.07, 6.45) is 4.32. The second-order valence-electron chi connectivity index (χ2n) is 24.8. The minimum atomic E-state index is -0.971. The Labute approximate surface area is 484 Å². The van der Waals surface area contributed by atoms with E-state index in [2.05, 4.69) is 68.3 Å². The van der Waals surface area contributed by atoms with Crippen LogP contribution in [-0.4, -0.2) is 132 Å². The number of hydrogen-bond acceptors (Lipinski definition) is 9. The zero-order valence-electron chi connectivity index (χ0n) is 49.6. The molecule has 2 heterocycles. The molecular formula is C66H85N9O7. The molecule has 0 spiro atoms. The Bertz CT molecular complexity index is 3120. The van der Waals surface area contributed by atoms with E-state index >= 15 is 0 Å². The first kappa shape index (κ1) is 60.7. The van der Waals surface area contributed by atoms with Gasteiger partial charge in [0.2, 0.25) is 29.5 Å². The molecule has 3 aliphatic rings. The lowest BCUT2D eigenvalue weighted by atomic mass is 9.83. The Morgan fingerprint density at radius 2 is 1.21 bits per heavy atom. The van der Waals surface area contributed by atoms with Crippen molar-refractivity contribution in [3.05, 3.63) is 154 Å². The first-order valence-corrected chi connectivity index (χ1v) is 29.2. The third kappa shape index (κ3) is 14.2. The van der Waals surface area contributed by atoms with Gasteiger partial charge in [0.25, 0.3) is 11.8 Å². The van der Waals surface area contributed by atoms with Crippen molar-refractivity contribution in [2.24, 2.45) is 10.8 Å². The van der Waals surface area contributed by atoms with Gasteiger partial charge in [-0.3, -0.25) is 33.6 Å². The van der Waals surface area contributed by atoms with E-state index in [9.17, 15) is 33.6 Å². The van der Waals surface area contributed by atoms with E-state index in [1.54, 1.807) is 52.2 Å². The SMILES string of the molecule is CN[C@@H](C)C(=O)N[C@H](C(=O)N1Cc2ccccc2C[C@H]1CCN(CCc1cccc2ccccc12)C(=O)c1ccc(C(=O)N[C@H]2C[C@@H](C(=O)N[C@@H]3CCCc4ccccc43)N(C(=O)[C@@H](NC(=O)[C@H](C)NC)C(C)(C)C)C2)cc1)C(C)(C)C. The molecule has 7 amide bonds. The molecule has 1 fully saturated rings. The number of nitrogens with zero attached hydrogens (tertiary/aromatic N) is 3. The molecule has 0 aromatic heterocycles. The molecule has 1 aliphatic carbocycles. The second kappa shape index (κ2) is 26.2. The highest BCUT2D eigenvalue weighted by Gasteiger charge is 2.46. The summed E-state index contributed by atoms with van der Waals surface area (Å²) in [7, 11) is 3.38. The van der Waals surface area contributed by atoms with Crippen LogP contribution in [-0.2, 0) is 49.8 Å². The number of carbonyl (C=O) groups excluding carboxylic acids is 7. The highest BCUT2D eigenvalue weighted by Crippen LogP contribution is 2.33. The number of likely N-dealkylation sites (tertiary alicyclic amines) is 1. The third-order valence-electron chi connectivity index (χ3n) is 16.9. The third-order valence-corrected chi connectivity index (χ3v) is 16.9. The maximum absolute atomic E-state index is 15.0. The highest BCUT2D eigenvalue weighted by atomic mass is 16.2. The van der Waals surface area contributed by atoms with Gasteiger partial charge in [-0.2, -0.15) is 0 Å². The number of amides is 7. The summed E-state index contributed by atoms with van der Waals surface area (Å²) in [6.45, 7) is 16.0. The maximum atomic E-state index is 15.0. The second-order valence-corrected chi connectivity index (χ2v) is 24.8. The minimum absolute atomic E-state index is 0.0345. The molecule has 8 rings (SSSR count). The Kier molecular flexibility index (Phi) is 19.4. The Balaban J connectivity index is 1.03. The largest absolute Gasteiger partial charge is 0.347 e. The monoisotopic (exact) mass is 1120 g/mol. The molecule has 5 aromatic rings. The van der Waals surface area contributed by atoms with Crippen LogP contribution in [0.3, 0.4) is 0 Å². The Morgan fingerprint density at radius 3 is 1.85 bits per heavy atom. The summed E-state index contributed by atoms with van der Waals surface area (Å²) in [6, 6.07) is 32.2. The molecular weight excluding hydrogens is 1030 g/mol. The fourth-order valence-corrected chi connectivity index (χ4v) is 11.7. The van der Waals surface area contributed by atoms with Crippen LogP contribution in [0.4, 0.5) is 0 Å². The van der Waals surface area contributed by atoms with Crippen LogP contribution >= 0.6 is 0 Å². The zero-order valence-corrected chi connectivity index (χ0v) is 49.6. The van der Waals surface area contributed by atoms with Gasteiger partial charge in [0.1, 0.15) is 18.1 Å². The van der Waals surface area contributed by atoms with Gasteiger partial charge in [0.15, 0.2) is 0 Å². The molecule has 1 saturated heterocycles. The number of likely N-dealkylation sites (N-methyl/N-ethyl adjacent to an activating group) is 2. The summed E-state index contributed by atoms with van der Waals surface area (Å²) in [5.41, 5.74) is 4.86. The number of rotatable bonds is 19. The van der Waals surface area contributed by atoms with E-state index in [1.807, 2.05) is 106 Å². The standard InChI is InChI=1S/C66H85N9O7/c1-41(67-9)58(76)71-56(65(3,4)5)63(81)74-39-49-22-12-11-21-48(49)37-51(74)34-36-73(35-33-45-24-17-23-43-19-13-15-26-52(43)45)62(80)47-31-29-46(30-32-47)60(78)69-50-38-55(61(79)70-54-28-18-25-44-20-14-16-27-53(44)54)75(40-50)64(82)57(66(6,7)8)72-59(77)42(2)68-10/h11-17,19-24,26-27,29-32,41-42,50-51,54-57,67-68H,18,25,28,33-40H2,1-10H3,(H,69,78)(H,70,79)(H,71,76)(H,72,77)/t41-,42-,50-,51+,54+,55-,56+,57+/m0/s1. The minimum Gasteiger partial charge on any atom is -0.347 e. The summed E-state index contributed by atoms with van der Waals surface area (Å²) in [5.74, 6) is -2.19. The van der Waals surface area contributed by atoms with E-state index in [4.69, 9.17) is 0 Å². The molecule has 0 saturated carbocycles. The number of hydrogen-bond donors (Lipinski definition) is 6. The van der Waals surface area contributed by atoms with Crippen LogP contribution in [0.2, 0.25) is 0 Å². The number of fused-ring (bicyclic) bond motifs is 3. The summed E-state index contributed by atoms with van der Waals surface area (Å²) < 4.78 is 0. The fraction of sp³-hybridized carbons (Fsp3) is 0.470. The lowest BCUT2D eigenvalue weighted by molar-refractivity contribution is -0.144. The lowest BCUT2D eigenvalue weighted by Crippen LogP contribution is -2.60. The number of carbonyl (C=O) groups is 7. The van der Waals surface area contributed by atoms with Gasteiger partial charge < -0.3 is 46.6 Å². The molecule has 0 radical (unpaired) electrons. The smallest absolute Gasteiger partial charge is 0.253 e. The molecule has 6 N–H and O–H groups in total. The van der Waals surface area contributed by atoms with Gasteiger partial charge in [0.05, 0.1) is 18.1 Å². The molecule has 16 nitrogen and oxygen atoms in total. The summed E-state index contributed by atoms with van der Waals surface area (Å²) in [5, 5.41) is 20.5. The van der Waals surface area contributed by atoms with Crippen molar-refractivity contribution in [3.8, 4) is 0 Å². The van der Waals surface area contributed by atoms with E-state index in [1.165, 1.54) is 10.5 Å². The van der Waals surface area contributed by atoms with Crippen molar-refractivity contribution in [2.45, 2.75) is 155 Å². The van der Waals surface area contributed by atoms with Crippen molar-refractivity contribution in [2.75, 3.05) is 33.7 Å². The molecule has 16 heteroatoms. The predicted octanol–water partition coefficient (Wildman–Crippen LogP) is 7.04. The zero-order chi connectivity index (χ0) is 59.0. The Hall–Kier alpha value is -7.43. The fourth-order valence-electron chi connectivity index (χ4n) is 11.7. The quantitative estimate of drug-likeness (QED) is 0.0502. The van der Waals surface area contributed by atoms with Gasteiger partial charge in [0, 0.05) is 49.4 Å². The molecule has 0 bridgehead atoms. The van der Waals surface area contributed by atoms with Crippen LogP contribution in [0, 0.1) is 10.8 Å². The van der Waals surface area contributed by atoms with E-state index in [0.29, 0.717) is 50.0 Å². The molecule has 0 unspecified atom stereocenters. The number of aryl methyl sites for hydroxylation is 1. The molecule has 8 atom stereocenters. The summed E-state index contributed by atoms with van der Waals surface area (Å²) >= 11 is 0. The van der Waals surface area contributed by atoms with E-state index in [0.717, 1.165) is 52.3 Å². The number of benzene rings is 5. The topological polar surface area (TPSA) is 201 Å². The lowest BCUT2D eigenvalue weighted by Gasteiger charge is -2.42. The number of nitrogens with one attached hydrogen (secondary N) is 6. The molecule has 82 heavy (non-hydrogen) atoms.